The molecule has 1 aliphatic rings. The zero-order valence-corrected chi connectivity index (χ0v) is 21.6. The summed E-state index contributed by atoms with van der Waals surface area (Å²) < 4.78 is 34.1. The van der Waals surface area contributed by atoms with Crippen LogP contribution in [-0.4, -0.2) is 49.5 Å². The average Bonchev–Trinajstić information content (AvgIpc) is 2.83. The lowest BCUT2D eigenvalue weighted by Gasteiger charge is -2.20. The van der Waals surface area contributed by atoms with Crippen molar-refractivity contribution >= 4 is 61.7 Å². The van der Waals surface area contributed by atoms with Gasteiger partial charge in [-0.2, -0.15) is 4.98 Å². The Bertz CT molecular complexity index is 1320. The van der Waals surface area contributed by atoms with Crippen molar-refractivity contribution in [3.8, 4) is 5.75 Å². The number of hydrogen-bond donors (Lipinski definition) is 2. The summed E-state index contributed by atoms with van der Waals surface area (Å²) in [4.78, 5) is 10.9. The number of nitrogens with one attached hydrogen (secondary N) is 2. The van der Waals surface area contributed by atoms with Gasteiger partial charge in [0.25, 0.3) is 10.0 Å². The zero-order chi connectivity index (χ0) is 25.0. The van der Waals surface area contributed by atoms with Crippen LogP contribution in [0.15, 0.2) is 48.7 Å². The van der Waals surface area contributed by atoms with Crippen molar-refractivity contribution in [2.75, 3.05) is 36.3 Å². The summed E-state index contributed by atoms with van der Waals surface area (Å²) >= 11 is 12.5. The molecule has 0 fully saturated rings. The van der Waals surface area contributed by atoms with E-state index < -0.39 is 10.0 Å². The van der Waals surface area contributed by atoms with E-state index in [1.165, 1.54) is 12.3 Å². The van der Waals surface area contributed by atoms with Crippen LogP contribution in [0.5, 0.6) is 5.75 Å². The lowest BCUT2D eigenvalue weighted by Crippen LogP contribution is -2.27. The number of anilines is 3. The summed E-state index contributed by atoms with van der Waals surface area (Å²) in [6.07, 6.45) is 2.99. The van der Waals surface area contributed by atoms with Crippen LogP contribution in [0.3, 0.4) is 0 Å². The van der Waals surface area contributed by atoms with E-state index in [1.807, 2.05) is 24.3 Å². The Labute approximate surface area is 215 Å². The standard InChI is InChI=1S/C24H25Cl2N5O3S/c1-3-31(4-2)12-13-34-18-10-8-17(9-11-18)28-24-27-15-16-14-21(35(32,33)30-23(16)29-24)22-19(25)6-5-7-20(22)26/h5-11,14-15H,3-4,12-13H2,1-2H3,(H2,27,28,29,30). The Morgan fingerprint density at radius 2 is 1.74 bits per heavy atom. The second-order valence-electron chi connectivity index (χ2n) is 7.73. The second-order valence-corrected chi connectivity index (χ2v) is 10.2. The van der Waals surface area contributed by atoms with Gasteiger partial charge in [0.1, 0.15) is 12.4 Å². The minimum atomic E-state index is -3.95. The number of fused-ring (bicyclic) bond motifs is 1. The zero-order valence-electron chi connectivity index (χ0n) is 19.3. The summed E-state index contributed by atoms with van der Waals surface area (Å²) in [5.74, 6) is 1.16. The minimum absolute atomic E-state index is 0.0403. The van der Waals surface area contributed by atoms with Crippen LogP contribution in [0.1, 0.15) is 25.0 Å². The molecular formula is C24H25Cl2N5O3S. The Morgan fingerprint density at radius 3 is 2.40 bits per heavy atom. The molecule has 2 aromatic carbocycles. The van der Waals surface area contributed by atoms with Gasteiger partial charge in [0.05, 0.1) is 15.0 Å². The molecule has 35 heavy (non-hydrogen) atoms. The highest BCUT2D eigenvalue weighted by molar-refractivity contribution is 8.02. The number of sulfonamides is 1. The summed E-state index contributed by atoms with van der Waals surface area (Å²) in [5, 5.41) is 3.55. The van der Waals surface area contributed by atoms with Crippen LogP contribution in [0.2, 0.25) is 10.0 Å². The van der Waals surface area contributed by atoms with E-state index >= 15 is 0 Å². The topological polar surface area (TPSA) is 96.4 Å². The number of rotatable bonds is 9. The fourth-order valence-electron chi connectivity index (χ4n) is 3.58. The second kappa shape index (κ2) is 10.8. The van der Waals surface area contributed by atoms with Crippen LogP contribution in [0.25, 0.3) is 11.0 Å². The van der Waals surface area contributed by atoms with E-state index in [4.69, 9.17) is 27.9 Å². The van der Waals surface area contributed by atoms with Crippen LogP contribution in [0, 0.1) is 0 Å². The van der Waals surface area contributed by atoms with Crippen molar-refractivity contribution in [3.05, 3.63) is 69.8 Å². The van der Waals surface area contributed by atoms with Gasteiger partial charge in [-0.3, -0.25) is 4.72 Å². The smallest absolute Gasteiger partial charge is 0.263 e. The highest BCUT2D eigenvalue weighted by atomic mass is 35.5. The molecule has 0 amide bonds. The molecule has 3 aromatic rings. The van der Waals surface area contributed by atoms with Crippen LogP contribution < -0.4 is 14.8 Å². The van der Waals surface area contributed by atoms with Crippen molar-refractivity contribution in [1.82, 2.24) is 14.9 Å². The third kappa shape index (κ3) is 5.87. The predicted molar refractivity (Wildman–Crippen MR) is 142 cm³/mol. The SMILES string of the molecule is CCN(CC)CCOc1ccc(Nc2ncc3c(n2)NS(=O)(=O)C(c2c(Cl)cccc2Cl)=C3)cc1. The normalized spacial score (nSPS) is 14.1. The Kier molecular flexibility index (Phi) is 7.81. The summed E-state index contributed by atoms with van der Waals surface area (Å²) in [6, 6.07) is 12.2. The molecule has 2 heterocycles. The molecule has 0 radical (unpaired) electrons. The van der Waals surface area contributed by atoms with Crippen LogP contribution >= 0.6 is 23.2 Å². The lowest BCUT2D eigenvalue weighted by atomic mass is 10.1. The number of halogens is 2. The number of aromatic nitrogens is 2. The minimum Gasteiger partial charge on any atom is -0.492 e. The van der Waals surface area contributed by atoms with Gasteiger partial charge in [-0.1, -0.05) is 43.1 Å². The number of ether oxygens (including phenoxy) is 1. The third-order valence-electron chi connectivity index (χ3n) is 5.51. The molecule has 1 aromatic heterocycles. The van der Waals surface area contributed by atoms with E-state index in [-0.39, 0.29) is 32.3 Å². The average molecular weight is 534 g/mol. The highest BCUT2D eigenvalue weighted by Crippen LogP contribution is 2.39. The lowest BCUT2D eigenvalue weighted by molar-refractivity contribution is 0.223. The number of hydrogen-bond acceptors (Lipinski definition) is 7. The first-order valence-corrected chi connectivity index (χ1v) is 13.3. The van der Waals surface area contributed by atoms with Crippen molar-refractivity contribution in [2.24, 2.45) is 0 Å². The fourth-order valence-corrected chi connectivity index (χ4v) is 5.59. The number of nitrogens with zero attached hydrogens (tertiary/aromatic N) is 3. The highest BCUT2D eigenvalue weighted by Gasteiger charge is 2.29. The molecule has 4 rings (SSSR count). The number of benzene rings is 2. The van der Waals surface area contributed by atoms with Crippen molar-refractivity contribution < 1.29 is 13.2 Å². The fraction of sp³-hybridized carbons (Fsp3) is 0.250. The first-order valence-electron chi connectivity index (χ1n) is 11.1. The van der Waals surface area contributed by atoms with E-state index in [1.54, 1.807) is 18.2 Å². The molecule has 0 saturated carbocycles. The largest absolute Gasteiger partial charge is 0.492 e. The van der Waals surface area contributed by atoms with Gasteiger partial charge in [-0.25, -0.2) is 13.4 Å². The molecule has 1 aliphatic heterocycles. The van der Waals surface area contributed by atoms with Gasteiger partial charge < -0.3 is 15.0 Å². The van der Waals surface area contributed by atoms with E-state index in [9.17, 15) is 8.42 Å². The maximum Gasteiger partial charge on any atom is 0.263 e. The van der Waals surface area contributed by atoms with Crippen LogP contribution in [0.4, 0.5) is 17.5 Å². The molecule has 0 atom stereocenters. The van der Waals surface area contributed by atoms with Gasteiger partial charge in [0.15, 0.2) is 5.82 Å². The summed E-state index contributed by atoms with van der Waals surface area (Å²) in [5.41, 5.74) is 1.46. The molecule has 8 nitrogen and oxygen atoms in total. The molecule has 0 unspecified atom stereocenters. The maximum absolute atomic E-state index is 12.9. The van der Waals surface area contributed by atoms with Gasteiger partial charge in [-0.15, -0.1) is 0 Å². The molecule has 11 heteroatoms. The molecule has 2 N–H and O–H groups in total. The monoisotopic (exact) mass is 533 g/mol. The van der Waals surface area contributed by atoms with Gasteiger partial charge >= 0.3 is 0 Å². The quantitative estimate of drug-likeness (QED) is 0.374. The molecule has 184 valence electrons. The van der Waals surface area contributed by atoms with Gasteiger partial charge in [0, 0.05) is 29.6 Å². The molecule has 0 spiro atoms. The van der Waals surface area contributed by atoms with Crippen LogP contribution in [-0.2, 0) is 10.0 Å². The van der Waals surface area contributed by atoms with Crippen molar-refractivity contribution in [2.45, 2.75) is 13.8 Å². The Morgan fingerprint density at radius 1 is 1.06 bits per heavy atom. The van der Waals surface area contributed by atoms with Crippen molar-refractivity contribution in [1.29, 1.82) is 0 Å². The molecule has 0 bridgehead atoms. The Hall–Kier alpha value is -2.85. The summed E-state index contributed by atoms with van der Waals surface area (Å²) in [7, 11) is -3.95. The van der Waals surface area contributed by atoms with E-state index in [2.05, 4.69) is 38.8 Å². The first-order chi connectivity index (χ1) is 16.8. The van der Waals surface area contributed by atoms with Gasteiger partial charge in [-0.05, 0) is 55.6 Å². The number of likely N-dealkylation sites (N-methyl/N-ethyl adjacent to an activating group) is 1. The van der Waals surface area contributed by atoms with E-state index in [0.29, 0.717) is 12.2 Å². The molecular weight excluding hydrogens is 509 g/mol. The van der Waals surface area contributed by atoms with Crippen molar-refractivity contribution in [3.63, 3.8) is 0 Å². The maximum atomic E-state index is 12.9. The Balaban J connectivity index is 1.49. The summed E-state index contributed by atoms with van der Waals surface area (Å²) in [6.45, 7) is 7.71. The molecule has 0 aliphatic carbocycles. The molecule has 0 saturated heterocycles. The first kappa shape index (κ1) is 25.2. The predicted octanol–water partition coefficient (Wildman–Crippen LogP) is 5.50. The van der Waals surface area contributed by atoms with E-state index in [0.717, 1.165) is 31.1 Å². The third-order valence-corrected chi connectivity index (χ3v) is 7.51. The van der Waals surface area contributed by atoms with Gasteiger partial charge in [0.2, 0.25) is 5.95 Å².